The van der Waals surface area contributed by atoms with E-state index in [1.165, 1.54) is 17.8 Å². The third-order valence-electron chi connectivity index (χ3n) is 4.04. The van der Waals surface area contributed by atoms with Crippen LogP contribution in [0.3, 0.4) is 0 Å². The first kappa shape index (κ1) is 18.0. The van der Waals surface area contributed by atoms with Crippen LogP contribution in [0.2, 0.25) is 5.02 Å². The Hall–Kier alpha value is -2.34. The van der Waals surface area contributed by atoms with Gasteiger partial charge in [0.25, 0.3) is 0 Å². The first-order chi connectivity index (χ1) is 13.1. The van der Waals surface area contributed by atoms with Gasteiger partial charge < -0.3 is 5.11 Å². The SMILES string of the molecule is O=C(Cc1ccc(Sc2nc3ccccc3s2)c(Cl)c1)c1ccccc1O. The number of phenols is 1. The molecule has 0 fully saturated rings. The second-order valence-corrected chi connectivity index (χ2v) is 8.66. The van der Waals surface area contributed by atoms with Crippen molar-refractivity contribution < 1.29 is 9.90 Å². The van der Waals surface area contributed by atoms with Crippen molar-refractivity contribution in [1.82, 2.24) is 4.98 Å². The second-order valence-electron chi connectivity index (χ2n) is 5.93. The van der Waals surface area contributed by atoms with E-state index in [4.69, 9.17) is 11.6 Å². The van der Waals surface area contributed by atoms with Gasteiger partial charge in [0, 0.05) is 11.3 Å². The Labute approximate surface area is 169 Å². The molecular formula is C21H14ClNO2S2. The number of para-hydroxylation sites is 2. The van der Waals surface area contributed by atoms with Gasteiger partial charge in [-0.05, 0) is 42.0 Å². The number of hydrogen-bond donors (Lipinski definition) is 1. The highest BCUT2D eigenvalue weighted by Gasteiger charge is 2.13. The van der Waals surface area contributed by atoms with Crippen molar-refractivity contribution >= 4 is 50.7 Å². The quantitative estimate of drug-likeness (QED) is 0.395. The zero-order chi connectivity index (χ0) is 18.8. The number of thiazole rings is 1. The largest absolute Gasteiger partial charge is 0.507 e. The lowest BCUT2D eigenvalue weighted by molar-refractivity contribution is 0.0990. The van der Waals surface area contributed by atoms with Crippen LogP contribution >= 0.6 is 34.7 Å². The van der Waals surface area contributed by atoms with Gasteiger partial charge in [-0.25, -0.2) is 4.98 Å². The number of aromatic nitrogens is 1. The molecule has 3 aromatic carbocycles. The lowest BCUT2D eigenvalue weighted by atomic mass is 10.0. The molecule has 1 heterocycles. The van der Waals surface area contributed by atoms with Crippen LogP contribution in [0.4, 0.5) is 0 Å². The zero-order valence-corrected chi connectivity index (χ0v) is 16.4. The molecule has 0 aliphatic carbocycles. The first-order valence-corrected chi connectivity index (χ1v) is 10.2. The van der Waals surface area contributed by atoms with Crippen LogP contribution in [0.25, 0.3) is 10.2 Å². The number of carbonyl (C=O) groups excluding carboxylic acids is 1. The molecule has 134 valence electrons. The third kappa shape index (κ3) is 4.00. The number of benzene rings is 3. The topological polar surface area (TPSA) is 50.2 Å². The molecule has 0 amide bonds. The Bertz CT molecular complexity index is 1110. The highest BCUT2D eigenvalue weighted by molar-refractivity contribution is 8.01. The summed E-state index contributed by atoms with van der Waals surface area (Å²) in [6.45, 7) is 0. The molecule has 1 aromatic heterocycles. The molecule has 0 unspecified atom stereocenters. The Balaban J connectivity index is 1.52. The van der Waals surface area contributed by atoms with Gasteiger partial charge in [0.1, 0.15) is 5.75 Å². The Morgan fingerprint density at radius 1 is 1.07 bits per heavy atom. The van der Waals surface area contributed by atoms with Crippen LogP contribution in [-0.4, -0.2) is 15.9 Å². The second kappa shape index (κ2) is 7.72. The van der Waals surface area contributed by atoms with Crippen LogP contribution in [-0.2, 0) is 6.42 Å². The summed E-state index contributed by atoms with van der Waals surface area (Å²) < 4.78 is 2.07. The van der Waals surface area contributed by atoms with Gasteiger partial charge in [-0.3, -0.25) is 4.79 Å². The Kier molecular flexibility index (Phi) is 5.16. The van der Waals surface area contributed by atoms with Crippen molar-refractivity contribution in [2.24, 2.45) is 0 Å². The molecule has 0 saturated heterocycles. The Morgan fingerprint density at radius 2 is 1.85 bits per heavy atom. The maximum Gasteiger partial charge on any atom is 0.170 e. The van der Waals surface area contributed by atoms with Crippen LogP contribution < -0.4 is 0 Å². The average molecular weight is 412 g/mol. The number of aromatic hydroxyl groups is 1. The minimum Gasteiger partial charge on any atom is -0.507 e. The number of hydrogen-bond acceptors (Lipinski definition) is 5. The summed E-state index contributed by atoms with van der Waals surface area (Å²) in [6, 6.07) is 20.2. The van der Waals surface area contributed by atoms with Crippen LogP contribution in [0, 0.1) is 0 Å². The number of Topliss-reactive ketones (excluding diaryl/α,β-unsaturated/α-hetero) is 1. The number of rotatable bonds is 5. The monoisotopic (exact) mass is 411 g/mol. The van der Waals surface area contributed by atoms with E-state index in [2.05, 4.69) is 4.98 Å². The molecule has 0 bridgehead atoms. The highest BCUT2D eigenvalue weighted by atomic mass is 35.5. The van der Waals surface area contributed by atoms with Gasteiger partial charge in [0.05, 0.1) is 20.8 Å². The molecule has 3 nitrogen and oxygen atoms in total. The maximum absolute atomic E-state index is 12.4. The minimum atomic E-state index is -0.143. The molecule has 4 aromatic rings. The molecule has 1 N–H and O–H groups in total. The van der Waals surface area contributed by atoms with E-state index in [1.807, 2.05) is 36.4 Å². The lowest BCUT2D eigenvalue weighted by Crippen LogP contribution is -2.03. The summed E-state index contributed by atoms with van der Waals surface area (Å²) >= 11 is 9.58. The number of fused-ring (bicyclic) bond motifs is 1. The predicted octanol–water partition coefficient (Wildman–Crippen LogP) is 6.23. The van der Waals surface area contributed by atoms with Crippen LogP contribution in [0.5, 0.6) is 5.75 Å². The summed E-state index contributed by atoms with van der Waals surface area (Å²) in [7, 11) is 0. The third-order valence-corrected chi connectivity index (χ3v) is 6.63. The molecule has 0 aliphatic heterocycles. The zero-order valence-electron chi connectivity index (χ0n) is 14.1. The van der Waals surface area contributed by atoms with E-state index in [9.17, 15) is 9.90 Å². The number of ketones is 1. The smallest absolute Gasteiger partial charge is 0.170 e. The molecule has 0 spiro atoms. The number of phenolic OH excluding ortho intramolecular Hbond substituents is 1. The van der Waals surface area contributed by atoms with Gasteiger partial charge in [-0.15, -0.1) is 11.3 Å². The van der Waals surface area contributed by atoms with Gasteiger partial charge in [0.2, 0.25) is 0 Å². The highest BCUT2D eigenvalue weighted by Crippen LogP contribution is 2.38. The molecule has 27 heavy (non-hydrogen) atoms. The molecule has 0 aliphatic rings. The fourth-order valence-electron chi connectivity index (χ4n) is 2.72. The van der Waals surface area contributed by atoms with E-state index < -0.39 is 0 Å². The number of halogens is 1. The van der Waals surface area contributed by atoms with Crippen molar-refractivity contribution in [2.75, 3.05) is 0 Å². The molecule has 4 rings (SSSR count). The van der Waals surface area contributed by atoms with E-state index in [0.29, 0.717) is 10.6 Å². The number of carbonyl (C=O) groups is 1. The molecular weight excluding hydrogens is 398 g/mol. The Morgan fingerprint density at radius 3 is 2.63 bits per heavy atom. The lowest BCUT2D eigenvalue weighted by Gasteiger charge is -2.07. The summed E-state index contributed by atoms with van der Waals surface area (Å²) in [5.74, 6) is -0.146. The predicted molar refractivity (Wildman–Crippen MR) is 111 cm³/mol. The van der Waals surface area contributed by atoms with Gasteiger partial charge >= 0.3 is 0 Å². The molecule has 6 heteroatoms. The van der Waals surface area contributed by atoms with Gasteiger partial charge in [-0.2, -0.15) is 0 Å². The minimum absolute atomic E-state index is 0.00314. The molecule has 0 radical (unpaired) electrons. The van der Waals surface area contributed by atoms with E-state index in [0.717, 1.165) is 25.0 Å². The summed E-state index contributed by atoms with van der Waals surface area (Å²) in [5.41, 5.74) is 2.11. The fourth-order valence-corrected chi connectivity index (χ4v) is 5.06. The van der Waals surface area contributed by atoms with Crippen molar-refractivity contribution in [2.45, 2.75) is 15.7 Å². The van der Waals surface area contributed by atoms with Crippen molar-refractivity contribution in [3.05, 3.63) is 82.9 Å². The standard InChI is InChI=1S/C21H14ClNO2S2/c22-15-11-13(12-18(25)14-5-1-3-7-17(14)24)9-10-19(15)26-21-23-16-6-2-4-8-20(16)27-21/h1-11,24H,12H2. The summed E-state index contributed by atoms with van der Waals surface area (Å²) in [4.78, 5) is 17.9. The molecule has 0 atom stereocenters. The van der Waals surface area contributed by atoms with Crippen molar-refractivity contribution in [1.29, 1.82) is 0 Å². The van der Waals surface area contributed by atoms with Crippen LogP contribution in [0.15, 0.2) is 76.0 Å². The van der Waals surface area contributed by atoms with Crippen molar-refractivity contribution in [3.8, 4) is 5.75 Å². The molecule has 0 saturated carbocycles. The van der Waals surface area contributed by atoms with E-state index in [-0.39, 0.29) is 18.0 Å². The van der Waals surface area contributed by atoms with Gasteiger partial charge in [0.15, 0.2) is 10.1 Å². The normalized spacial score (nSPS) is 11.0. The van der Waals surface area contributed by atoms with Crippen LogP contribution in [0.1, 0.15) is 15.9 Å². The van der Waals surface area contributed by atoms with Crippen molar-refractivity contribution in [3.63, 3.8) is 0 Å². The maximum atomic E-state index is 12.4. The fraction of sp³-hybridized carbons (Fsp3) is 0.0476. The van der Waals surface area contributed by atoms with E-state index >= 15 is 0 Å². The van der Waals surface area contributed by atoms with Gasteiger partial charge in [-0.1, -0.05) is 53.7 Å². The summed E-state index contributed by atoms with van der Waals surface area (Å²) in [6.07, 6.45) is 0.184. The number of nitrogens with zero attached hydrogens (tertiary/aromatic N) is 1. The average Bonchev–Trinajstić information content (AvgIpc) is 3.06. The first-order valence-electron chi connectivity index (χ1n) is 8.23. The van der Waals surface area contributed by atoms with E-state index in [1.54, 1.807) is 35.6 Å². The summed E-state index contributed by atoms with van der Waals surface area (Å²) in [5, 5.41) is 10.4.